The summed E-state index contributed by atoms with van der Waals surface area (Å²) in [7, 11) is 3.61. The Kier molecular flexibility index (Phi) is 14.0. The number of guanidine groups is 1. The average molecular weight is 424 g/mol. The Morgan fingerprint density at radius 1 is 1.36 bits per heavy atom. The summed E-state index contributed by atoms with van der Waals surface area (Å²) in [4.78, 5) is 6.83. The van der Waals surface area contributed by atoms with Crippen LogP contribution in [0, 0.1) is 0 Å². The second-order valence-electron chi connectivity index (χ2n) is 5.46. The molecule has 0 unspecified atom stereocenters. The molecule has 0 atom stereocenters. The zero-order chi connectivity index (χ0) is 15.3. The molecule has 0 aromatic rings. The molecule has 0 bridgehead atoms. The number of nitrogens with one attached hydrogen (secondary N) is 2. The topological polar surface area (TPSA) is 48.9 Å². The van der Waals surface area contributed by atoms with E-state index in [2.05, 4.69) is 32.7 Å². The molecule has 1 aliphatic rings. The molecule has 6 heteroatoms. The van der Waals surface area contributed by atoms with Crippen LogP contribution in [-0.2, 0) is 4.74 Å². The Morgan fingerprint density at radius 2 is 2.09 bits per heavy atom. The fraction of sp³-hybridized carbons (Fsp3) is 0.812. The minimum Gasteiger partial charge on any atom is -0.385 e. The molecule has 0 aromatic carbocycles. The highest BCUT2D eigenvalue weighted by Gasteiger charge is 2.19. The van der Waals surface area contributed by atoms with E-state index in [1.54, 1.807) is 7.11 Å². The van der Waals surface area contributed by atoms with Crippen LogP contribution in [0.15, 0.2) is 17.1 Å². The SMILES string of the molecule is C/C=C/CCNC(=NC)NC1CCN(CCCOC)CC1.I. The van der Waals surface area contributed by atoms with E-state index in [0.717, 1.165) is 51.6 Å². The third kappa shape index (κ3) is 9.63. The predicted molar refractivity (Wildman–Crippen MR) is 105 cm³/mol. The Hall–Kier alpha value is -0.340. The molecule has 0 aromatic heterocycles. The Morgan fingerprint density at radius 3 is 2.68 bits per heavy atom. The first kappa shape index (κ1) is 21.7. The summed E-state index contributed by atoms with van der Waals surface area (Å²) in [5.41, 5.74) is 0. The van der Waals surface area contributed by atoms with Crippen LogP contribution in [0.25, 0.3) is 0 Å². The van der Waals surface area contributed by atoms with Crippen molar-refractivity contribution in [2.45, 2.75) is 38.6 Å². The van der Waals surface area contributed by atoms with Crippen LogP contribution in [-0.4, -0.2) is 63.8 Å². The lowest BCUT2D eigenvalue weighted by molar-refractivity contribution is 0.155. The minimum absolute atomic E-state index is 0. The summed E-state index contributed by atoms with van der Waals surface area (Å²) in [6, 6.07) is 0.539. The van der Waals surface area contributed by atoms with Crippen molar-refractivity contribution < 1.29 is 4.74 Å². The van der Waals surface area contributed by atoms with E-state index in [0.29, 0.717) is 6.04 Å². The first-order valence-electron chi connectivity index (χ1n) is 8.09. The van der Waals surface area contributed by atoms with Gasteiger partial charge in [-0.05, 0) is 32.6 Å². The molecule has 0 aliphatic carbocycles. The van der Waals surface area contributed by atoms with Crippen molar-refractivity contribution in [2.24, 2.45) is 4.99 Å². The van der Waals surface area contributed by atoms with E-state index in [1.165, 1.54) is 12.8 Å². The summed E-state index contributed by atoms with van der Waals surface area (Å²) in [6.07, 6.45) is 8.78. The molecule has 0 spiro atoms. The van der Waals surface area contributed by atoms with Gasteiger partial charge >= 0.3 is 0 Å². The number of hydrogen-bond donors (Lipinski definition) is 2. The first-order valence-corrected chi connectivity index (χ1v) is 8.09. The minimum atomic E-state index is 0. The van der Waals surface area contributed by atoms with E-state index >= 15 is 0 Å². The van der Waals surface area contributed by atoms with Crippen molar-refractivity contribution in [2.75, 3.05) is 46.9 Å². The maximum atomic E-state index is 5.11. The van der Waals surface area contributed by atoms with Crippen LogP contribution < -0.4 is 10.6 Å². The van der Waals surface area contributed by atoms with Crippen LogP contribution in [0.1, 0.15) is 32.6 Å². The third-order valence-electron chi connectivity index (χ3n) is 3.81. The number of likely N-dealkylation sites (tertiary alicyclic amines) is 1. The number of piperidine rings is 1. The lowest BCUT2D eigenvalue weighted by Gasteiger charge is -2.33. The zero-order valence-electron chi connectivity index (χ0n) is 14.3. The first-order chi connectivity index (χ1) is 10.3. The van der Waals surface area contributed by atoms with Crippen LogP contribution in [0.4, 0.5) is 0 Å². The highest BCUT2D eigenvalue weighted by molar-refractivity contribution is 14.0. The molecule has 1 fully saturated rings. The molecular formula is C16H33IN4O. The number of ether oxygens (including phenoxy) is 1. The van der Waals surface area contributed by atoms with Crippen molar-refractivity contribution in [3.8, 4) is 0 Å². The van der Waals surface area contributed by atoms with Crippen LogP contribution >= 0.6 is 24.0 Å². The lowest BCUT2D eigenvalue weighted by Crippen LogP contribution is -2.48. The van der Waals surface area contributed by atoms with E-state index in [1.807, 2.05) is 14.0 Å². The van der Waals surface area contributed by atoms with Crippen molar-refractivity contribution in [3.05, 3.63) is 12.2 Å². The quantitative estimate of drug-likeness (QED) is 0.206. The van der Waals surface area contributed by atoms with Crippen molar-refractivity contribution in [1.82, 2.24) is 15.5 Å². The second-order valence-corrected chi connectivity index (χ2v) is 5.46. The maximum absolute atomic E-state index is 5.11. The van der Waals surface area contributed by atoms with Gasteiger partial charge in [0.15, 0.2) is 5.96 Å². The normalized spacial score (nSPS) is 17.5. The predicted octanol–water partition coefficient (Wildman–Crippen LogP) is 2.24. The second kappa shape index (κ2) is 14.3. The number of allylic oxidation sites excluding steroid dienone is 1. The molecular weight excluding hydrogens is 391 g/mol. The van der Waals surface area contributed by atoms with E-state index in [9.17, 15) is 0 Å². The Bertz CT molecular complexity index is 315. The van der Waals surface area contributed by atoms with Gasteiger partial charge in [0, 0.05) is 53.0 Å². The third-order valence-corrected chi connectivity index (χ3v) is 3.81. The number of methoxy groups -OCH3 is 1. The number of hydrogen-bond acceptors (Lipinski definition) is 3. The van der Waals surface area contributed by atoms with Crippen LogP contribution in [0.3, 0.4) is 0 Å². The van der Waals surface area contributed by atoms with Gasteiger partial charge in [0.25, 0.3) is 0 Å². The summed E-state index contributed by atoms with van der Waals surface area (Å²) in [5, 5.41) is 6.90. The van der Waals surface area contributed by atoms with Gasteiger partial charge in [0.2, 0.25) is 0 Å². The molecule has 1 saturated heterocycles. The van der Waals surface area contributed by atoms with Gasteiger partial charge in [-0.25, -0.2) is 0 Å². The maximum Gasteiger partial charge on any atom is 0.191 e. The fourth-order valence-electron chi connectivity index (χ4n) is 2.56. The molecule has 1 rings (SSSR count). The molecule has 5 nitrogen and oxygen atoms in total. The van der Waals surface area contributed by atoms with Crippen molar-refractivity contribution in [3.63, 3.8) is 0 Å². The Balaban J connectivity index is 0.00000441. The summed E-state index contributed by atoms with van der Waals surface area (Å²) < 4.78 is 5.11. The molecule has 0 amide bonds. The van der Waals surface area contributed by atoms with Crippen LogP contribution in [0.5, 0.6) is 0 Å². The van der Waals surface area contributed by atoms with Gasteiger partial charge in [0.05, 0.1) is 0 Å². The monoisotopic (exact) mass is 424 g/mol. The van der Waals surface area contributed by atoms with Gasteiger partial charge in [-0.3, -0.25) is 4.99 Å². The van der Waals surface area contributed by atoms with Gasteiger partial charge < -0.3 is 20.3 Å². The fourth-order valence-corrected chi connectivity index (χ4v) is 2.56. The zero-order valence-corrected chi connectivity index (χ0v) is 16.6. The van der Waals surface area contributed by atoms with E-state index in [4.69, 9.17) is 4.74 Å². The average Bonchev–Trinajstić information content (AvgIpc) is 2.52. The smallest absolute Gasteiger partial charge is 0.191 e. The largest absolute Gasteiger partial charge is 0.385 e. The highest BCUT2D eigenvalue weighted by atomic mass is 127. The van der Waals surface area contributed by atoms with Gasteiger partial charge in [-0.1, -0.05) is 12.2 Å². The molecule has 0 saturated carbocycles. The summed E-state index contributed by atoms with van der Waals surface area (Å²) in [6.45, 7) is 7.32. The highest BCUT2D eigenvalue weighted by Crippen LogP contribution is 2.10. The van der Waals surface area contributed by atoms with Crippen molar-refractivity contribution in [1.29, 1.82) is 0 Å². The number of nitrogens with zero attached hydrogens (tertiary/aromatic N) is 2. The lowest BCUT2D eigenvalue weighted by atomic mass is 10.1. The van der Waals surface area contributed by atoms with E-state index in [-0.39, 0.29) is 24.0 Å². The summed E-state index contributed by atoms with van der Waals surface area (Å²) in [5.74, 6) is 0.928. The summed E-state index contributed by atoms with van der Waals surface area (Å²) >= 11 is 0. The molecule has 0 radical (unpaired) electrons. The van der Waals surface area contributed by atoms with Crippen molar-refractivity contribution >= 4 is 29.9 Å². The van der Waals surface area contributed by atoms with Gasteiger partial charge in [0.1, 0.15) is 0 Å². The molecule has 1 aliphatic heterocycles. The van der Waals surface area contributed by atoms with E-state index < -0.39 is 0 Å². The van der Waals surface area contributed by atoms with Crippen LogP contribution in [0.2, 0.25) is 0 Å². The number of aliphatic imine (C=N–C) groups is 1. The number of rotatable bonds is 8. The van der Waals surface area contributed by atoms with Gasteiger partial charge in [-0.15, -0.1) is 24.0 Å². The Labute approximate surface area is 153 Å². The van der Waals surface area contributed by atoms with Gasteiger partial charge in [-0.2, -0.15) is 0 Å². The standard InChI is InChI=1S/C16H32N4O.HI/c1-4-5-6-10-18-16(17-2)19-15-8-12-20(13-9-15)11-7-14-21-3;/h4-5,15H,6-14H2,1-3H3,(H2,17,18,19);1H/b5-4+;. The molecule has 130 valence electrons. The molecule has 22 heavy (non-hydrogen) atoms. The molecule has 1 heterocycles. The number of halogens is 1. The molecule has 2 N–H and O–H groups in total.